The van der Waals surface area contributed by atoms with Gasteiger partial charge in [-0.15, -0.1) is 0 Å². The van der Waals surface area contributed by atoms with Gasteiger partial charge in [0.2, 0.25) is 10.0 Å². The quantitative estimate of drug-likeness (QED) is 0.528. The van der Waals surface area contributed by atoms with Crippen LogP contribution in [-0.2, 0) is 30.5 Å². The van der Waals surface area contributed by atoms with Crippen LogP contribution >= 0.6 is 11.6 Å². The number of nitrogens with one attached hydrogen (secondary N) is 3. The maximum atomic E-state index is 12.8. The third kappa shape index (κ3) is 7.51. The highest BCUT2D eigenvalue weighted by molar-refractivity contribution is 7.89. The van der Waals surface area contributed by atoms with E-state index in [4.69, 9.17) is 11.6 Å². The number of rotatable bonds is 7. The number of urea groups is 1. The molecule has 0 fully saturated rings. The lowest BCUT2D eigenvalue weighted by molar-refractivity contribution is -0.153. The molecule has 0 saturated heterocycles. The molecular formula is C15H17ClF3N3O6S. The second-order valence-electron chi connectivity index (χ2n) is 5.45. The maximum Gasteiger partial charge on any atom is 0.416 e. The first-order valence-corrected chi connectivity index (χ1v) is 9.78. The van der Waals surface area contributed by atoms with Crippen molar-refractivity contribution >= 4 is 39.5 Å². The van der Waals surface area contributed by atoms with Crippen molar-refractivity contribution in [3.05, 3.63) is 28.8 Å². The summed E-state index contributed by atoms with van der Waals surface area (Å²) < 4.78 is 69.0. The Labute approximate surface area is 169 Å². The zero-order chi connectivity index (χ0) is 22.4. The van der Waals surface area contributed by atoms with Crippen molar-refractivity contribution < 1.29 is 40.7 Å². The molecule has 1 rings (SSSR count). The van der Waals surface area contributed by atoms with Crippen LogP contribution in [0.25, 0.3) is 0 Å². The minimum Gasteiger partial charge on any atom is -0.452 e. The standard InChI is InChI=1S/C15H17ClF3N3O6S/c1-3-20-14(25)22-13(24)8(2)28-12(23)7-21-29(26,27)11-6-9(15(17,18)19)4-5-10(11)16/h4-6,8,21H,3,7H2,1-2H3,(H2,20,22,24,25). The SMILES string of the molecule is CCNC(=O)NC(=O)C(C)OC(=O)CNS(=O)(=O)c1cc(C(F)(F)F)ccc1Cl. The number of alkyl halides is 3. The van der Waals surface area contributed by atoms with E-state index in [1.807, 2.05) is 5.32 Å². The lowest BCUT2D eigenvalue weighted by Gasteiger charge is -2.14. The van der Waals surface area contributed by atoms with Gasteiger partial charge in [-0.25, -0.2) is 13.2 Å². The number of ether oxygens (including phenoxy) is 1. The van der Waals surface area contributed by atoms with Crippen LogP contribution in [0.1, 0.15) is 19.4 Å². The summed E-state index contributed by atoms with van der Waals surface area (Å²) in [6.07, 6.45) is -6.24. The molecule has 0 radical (unpaired) electrons. The molecule has 1 unspecified atom stereocenters. The van der Waals surface area contributed by atoms with Crippen molar-refractivity contribution in [3.63, 3.8) is 0 Å². The van der Waals surface area contributed by atoms with E-state index in [0.717, 1.165) is 13.0 Å². The number of sulfonamides is 1. The molecule has 0 saturated carbocycles. The van der Waals surface area contributed by atoms with Gasteiger partial charge in [0.1, 0.15) is 11.4 Å². The fraction of sp³-hybridized carbons (Fsp3) is 0.400. The highest BCUT2D eigenvalue weighted by Crippen LogP contribution is 2.33. The normalized spacial score (nSPS) is 12.8. The van der Waals surface area contributed by atoms with Gasteiger partial charge in [0.05, 0.1) is 10.6 Å². The predicted molar refractivity (Wildman–Crippen MR) is 94.4 cm³/mol. The van der Waals surface area contributed by atoms with Crippen LogP contribution in [0.5, 0.6) is 0 Å². The van der Waals surface area contributed by atoms with E-state index < -0.39 is 62.2 Å². The van der Waals surface area contributed by atoms with Gasteiger partial charge >= 0.3 is 18.2 Å². The van der Waals surface area contributed by atoms with Crippen LogP contribution in [0, 0.1) is 0 Å². The van der Waals surface area contributed by atoms with Crippen molar-refractivity contribution in [2.24, 2.45) is 0 Å². The van der Waals surface area contributed by atoms with Gasteiger partial charge in [0.25, 0.3) is 5.91 Å². The Balaban J connectivity index is 2.76. The Kier molecular flexibility index (Phi) is 8.41. The van der Waals surface area contributed by atoms with Crippen LogP contribution in [-0.4, -0.2) is 45.5 Å². The summed E-state index contributed by atoms with van der Waals surface area (Å²) in [5.74, 6) is -2.18. The minimum absolute atomic E-state index is 0.243. The molecule has 14 heteroatoms. The van der Waals surface area contributed by atoms with Gasteiger partial charge in [0.15, 0.2) is 6.10 Å². The molecule has 0 bridgehead atoms. The maximum absolute atomic E-state index is 12.8. The van der Waals surface area contributed by atoms with Gasteiger partial charge in [-0.3, -0.25) is 14.9 Å². The summed E-state index contributed by atoms with van der Waals surface area (Å²) in [7, 11) is -4.60. The zero-order valence-corrected chi connectivity index (χ0v) is 16.7. The van der Waals surface area contributed by atoms with Crippen LogP contribution in [0.3, 0.4) is 0 Å². The molecule has 162 valence electrons. The summed E-state index contributed by atoms with van der Waals surface area (Å²) in [6, 6.07) is 0.855. The number of imide groups is 1. The first-order valence-electron chi connectivity index (χ1n) is 7.92. The van der Waals surface area contributed by atoms with Crippen molar-refractivity contribution in [2.75, 3.05) is 13.1 Å². The molecule has 0 aliphatic rings. The number of hydrogen-bond donors (Lipinski definition) is 3. The van der Waals surface area contributed by atoms with Gasteiger partial charge in [-0.05, 0) is 32.0 Å². The smallest absolute Gasteiger partial charge is 0.416 e. The molecule has 0 aromatic heterocycles. The number of amides is 3. The molecule has 1 atom stereocenters. The molecule has 1 aromatic carbocycles. The summed E-state index contributed by atoms with van der Waals surface area (Å²) in [4.78, 5) is 33.7. The number of benzene rings is 1. The largest absolute Gasteiger partial charge is 0.452 e. The zero-order valence-electron chi connectivity index (χ0n) is 15.1. The van der Waals surface area contributed by atoms with E-state index in [1.54, 1.807) is 11.6 Å². The molecular weight excluding hydrogens is 443 g/mol. The Morgan fingerprint density at radius 2 is 1.86 bits per heavy atom. The van der Waals surface area contributed by atoms with Crippen molar-refractivity contribution in [1.82, 2.24) is 15.4 Å². The lowest BCUT2D eigenvalue weighted by atomic mass is 10.2. The van der Waals surface area contributed by atoms with Gasteiger partial charge in [-0.1, -0.05) is 11.6 Å². The number of hydrogen-bond acceptors (Lipinski definition) is 6. The van der Waals surface area contributed by atoms with Gasteiger partial charge in [-0.2, -0.15) is 17.9 Å². The molecule has 0 aliphatic carbocycles. The van der Waals surface area contributed by atoms with Crippen LogP contribution in [0.4, 0.5) is 18.0 Å². The number of halogens is 4. The summed E-state index contributed by atoms with van der Waals surface area (Å²) in [5.41, 5.74) is -1.25. The second kappa shape index (κ2) is 9.89. The lowest BCUT2D eigenvalue weighted by Crippen LogP contribution is -2.45. The highest BCUT2D eigenvalue weighted by Gasteiger charge is 2.33. The Bertz CT molecular complexity index is 892. The Morgan fingerprint density at radius 3 is 2.41 bits per heavy atom. The summed E-state index contributed by atoms with van der Waals surface area (Å²) in [6.45, 7) is 1.99. The topological polar surface area (TPSA) is 131 Å². The van der Waals surface area contributed by atoms with Gasteiger partial charge < -0.3 is 10.1 Å². The molecule has 0 aliphatic heterocycles. The fourth-order valence-corrected chi connectivity index (χ4v) is 3.32. The van der Waals surface area contributed by atoms with Crippen molar-refractivity contribution in [1.29, 1.82) is 0 Å². The van der Waals surface area contributed by atoms with Gasteiger partial charge in [0, 0.05) is 6.54 Å². The average Bonchev–Trinajstić information content (AvgIpc) is 2.59. The van der Waals surface area contributed by atoms with E-state index in [-0.39, 0.29) is 6.54 Å². The van der Waals surface area contributed by atoms with Crippen molar-refractivity contribution in [2.45, 2.75) is 31.0 Å². The fourth-order valence-electron chi connectivity index (χ4n) is 1.83. The molecule has 9 nitrogen and oxygen atoms in total. The van der Waals surface area contributed by atoms with E-state index >= 15 is 0 Å². The Hall–Kier alpha value is -2.38. The third-order valence-electron chi connectivity index (χ3n) is 3.21. The molecule has 0 heterocycles. The predicted octanol–water partition coefficient (Wildman–Crippen LogP) is 1.41. The molecule has 1 aromatic rings. The van der Waals surface area contributed by atoms with Crippen LogP contribution < -0.4 is 15.4 Å². The summed E-state index contributed by atoms with van der Waals surface area (Å²) in [5, 5.41) is 3.66. The van der Waals surface area contributed by atoms with Crippen LogP contribution in [0.15, 0.2) is 23.1 Å². The first-order chi connectivity index (χ1) is 13.3. The minimum atomic E-state index is -4.80. The number of carbonyl (C=O) groups excluding carboxylic acids is 3. The Morgan fingerprint density at radius 1 is 1.24 bits per heavy atom. The van der Waals surface area contributed by atoms with Crippen molar-refractivity contribution in [3.8, 4) is 0 Å². The number of esters is 1. The monoisotopic (exact) mass is 459 g/mol. The first kappa shape index (κ1) is 24.7. The molecule has 3 amide bonds. The highest BCUT2D eigenvalue weighted by atomic mass is 35.5. The molecule has 3 N–H and O–H groups in total. The third-order valence-corrected chi connectivity index (χ3v) is 5.09. The van der Waals surface area contributed by atoms with E-state index in [2.05, 4.69) is 10.1 Å². The summed E-state index contributed by atoms with van der Waals surface area (Å²) >= 11 is 5.65. The number of carbonyl (C=O) groups is 3. The molecule has 29 heavy (non-hydrogen) atoms. The van der Waals surface area contributed by atoms with Crippen LogP contribution in [0.2, 0.25) is 5.02 Å². The molecule has 0 spiro atoms. The van der Waals surface area contributed by atoms with E-state index in [9.17, 15) is 36.0 Å². The van der Waals surface area contributed by atoms with E-state index in [1.165, 1.54) is 0 Å². The second-order valence-corrected chi connectivity index (χ2v) is 7.59. The average molecular weight is 460 g/mol. The van der Waals surface area contributed by atoms with E-state index in [0.29, 0.717) is 12.1 Å².